The molecule has 0 spiro atoms. The lowest BCUT2D eigenvalue weighted by molar-refractivity contribution is 0.463. The van der Waals surface area contributed by atoms with Crippen molar-refractivity contribution < 1.29 is 0 Å². The predicted molar refractivity (Wildman–Crippen MR) is 61.4 cm³/mol. The van der Waals surface area contributed by atoms with Gasteiger partial charge in [0.1, 0.15) is 0 Å². The molecule has 0 aliphatic heterocycles. The molecule has 0 atom stereocenters. The Balaban J connectivity index is 1.92. The maximum Gasteiger partial charge on any atom is 0.0343 e. The summed E-state index contributed by atoms with van der Waals surface area (Å²) < 4.78 is 0. The largest absolute Gasteiger partial charge is 0.399 e. The number of anilines is 2. The second-order valence-electron chi connectivity index (χ2n) is 4.10. The van der Waals surface area contributed by atoms with Gasteiger partial charge >= 0.3 is 0 Å². The zero-order valence-electron chi connectivity index (χ0n) is 8.50. The quantitative estimate of drug-likeness (QED) is 0.703. The molecule has 0 heterocycles. The minimum Gasteiger partial charge on any atom is -0.399 e. The van der Waals surface area contributed by atoms with E-state index in [9.17, 15) is 0 Å². The molecule has 1 aliphatic rings. The van der Waals surface area contributed by atoms with Crippen LogP contribution in [0.1, 0.15) is 32.1 Å². The Bertz CT molecular complexity index is 273. The van der Waals surface area contributed by atoms with Crippen LogP contribution in [0.2, 0.25) is 0 Å². The lowest BCUT2D eigenvalue weighted by atomic mass is 9.95. The highest BCUT2D eigenvalue weighted by molar-refractivity contribution is 5.51. The van der Waals surface area contributed by atoms with Crippen molar-refractivity contribution >= 4 is 11.4 Å². The van der Waals surface area contributed by atoms with Gasteiger partial charge in [-0.3, -0.25) is 0 Å². The van der Waals surface area contributed by atoms with Gasteiger partial charge in [-0.15, -0.1) is 0 Å². The molecule has 0 saturated heterocycles. The van der Waals surface area contributed by atoms with E-state index in [1.807, 2.05) is 12.1 Å². The zero-order valence-corrected chi connectivity index (χ0v) is 8.50. The molecule has 1 aromatic carbocycles. The Hall–Kier alpha value is -1.18. The van der Waals surface area contributed by atoms with Gasteiger partial charge in [-0.2, -0.15) is 0 Å². The molecule has 76 valence electrons. The summed E-state index contributed by atoms with van der Waals surface area (Å²) >= 11 is 0. The summed E-state index contributed by atoms with van der Waals surface area (Å²) in [4.78, 5) is 0. The van der Waals surface area contributed by atoms with Crippen molar-refractivity contribution in [3.63, 3.8) is 0 Å². The fraction of sp³-hybridized carbons (Fsp3) is 0.500. The molecule has 0 unspecified atom stereocenters. The zero-order chi connectivity index (χ0) is 9.80. The number of rotatable bonds is 2. The average molecular weight is 190 g/mol. The van der Waals surface area contributed by atoms with E-state index in [1.165, 1.54) is 37.8 Å². The second kappa shape index (κ2) is 4.36. The molecule has 0 aromatic heterocycles. The molecule has 2 nitrogen and oxygen atoms in total. The number of benzene rings is 1. The molecule has 0 radical (unpaired) electrons. The Morgan fingerprint density at radius 3 is 2.29 bits per heavy atom. The Kier molecular flexibility index (Phi) is 2.92. The van der Waals surface area contributed by atoms with Crippen molar-refractivity contribution in [2.75, 3.05) is 11.1 Å². The molecule has 0 amide bonds. The standard InChI is InChI=1S/C12H18N2/c13-10-6-8-12(9-7-10)14-11-4-2-1-3-5-11/h6-9,11,14H,1-5,13H2. The first kappa shape index (κ1) is 9.38. The number of hydrogen-bond acceptors (Lipinski definition) is 2. The Morgan fingerprint density at radius 1 is 1.00 bits per heavy atom. The monoisotopic (exact) mass is 190 g/mol. The predicted octanol–water partition coefficient (Wildman–Crippen LogP) is 3.01. The van der Waals surface area contributed by atoms with Crippen LogP contribution in [0.15, 0.2) is 24.3 Å². The highest BCUT2D eigenvalue weighted by atomic mass is 14.9. The van der Waals surface area contributed by atoms with Crippen LogP contribution in [0.3, 0.4) is 0 Å². The van der Waals surface area contributed by atoms with Crippen molar-refractivity contribution in [1.82, 2.24) is 0 Å². The minimum absolute atomic E-state index is 0.673. The number of hydrogen-bond donors (Lipinski definition) is 2. The summed E-state index contributed by atoms with van der Waals surface area (Å²) in [7, 11) is 0. The summed E-state index contributed by atoms with van der Waals surface area (Å²) in [6.45, 7) is 0. The van der Waals surface area contributed by atoms with Crippen molar-refractivity contribution in [3.05, 3.63) is 24.3 Å². The molecule has 2 rings (SSSR count). The topological polar surface area (TPSA) is 38.0 Å². The van der Waals surface area contributed by atoms with Crippen molar-refractivity contribution in [2.45, 2.75) is 38.1 Å². The molecular formula is C12H18N2. The van der Waals surface area contributed by atoms with Gasteiger partial charge in [0, 0.05) is 17.4 Å². The molecule has 3 N–H and O–H groups in total. The van der Waals surface area contributed by atoms with E-state index in [0.717, 1.165) is 5.69 Å². The molecule has 1 saturated carbocycles. The first-order valence-electron chi connectivity index (χ1n) is 5.47. The van der Waals surface area contributed by atoms with Gasteiger partial charge in [-0.25, -0.2) is 0 Å². The van der Waals surface area contributed by atoms with Crippen LogP contribution in [-0.4, -0.2) is 6.04 Å². The molecule has 2 heteroatoms. The second-order valence-corrected chi connectivity index (χ2v) is 4.10. The third-order valence-corrected chi connectivity index (χ3v) is 2.89. The highest BCUT2D eigenvalue weighted by Gasteiger charge is 2.12. The molecular weight excluding hydrogens is 172 g/mol. The van der Waals surface area contributed by atoms with Crippen LogP contribution < -0.4 is 11.1 Å². The lowest BCUT2D eigenvalue weighted by Crippen LogP contribution is -2.22. The molecule has 1 aliphatic carbocycles. The first-order chi connectivity index (χ1) is 6.84. The summed E-state index contributed by atoms with van der Waals surface area (Å²) in [5, 5.41) is 3.55. The number of nitrogen functional groups attached to an aromatic ring is 1. The molecule has 1 aromatic rings. The van der Waals surface area contributed by atoms with Crippen LogP contribution >= 0.6 is 0 Å². The van der Waals surface area contributed by atoms with E-state index >= 15 is 0 Å². The van der Waals surface area contributed by atoms with Crippen molar-refractivity contribution in [3.8, 4) is 0 Å². The fourth-order valence-electron chi connectivity index (χ4n) is 2.06. The van der Waals surface area contributed by atoms with Crippen molar-refractivity contribution in [1.29, 1.82) is 0 Å². The third kappa shape index (κ3) is 2.41. The number of nitrogens with two attached hydrogens (primary N) is 1. The smallest absolute Gasteiger partial charge is 0.0343 e. The van der Waals surface area contributed by atoms with Gasteiger partial charge in [0.2, 0.25) is 0 Å². The Morgan fingerprint density at radius 2 is 1.64 bits per heavy atom. The average Bonchev–Trinajstić information content (AvgIpc) is 2.23. The van der Waals surface area contributed by atoms with Crippen LogP contribution in [0, 0.1) is 0 Å². The van der Waals surface area contributed by atoms with Gasteiger partial charge in [0.05, 0.1) is 0 Å². The maximum atomic E-state index is 5.63. The summed E-state index contributed by atoms with van der Waals surface area (Å²) in [6, 6.07) is 8.69. The van der Waals surface area contributed by atoms with Crippen LogP contribution in [0.25, 0.3) is 0 Å². The maximum absolute atomic E-state index is 5.63. The van der Waals surface area contributed by atoms with Crippen molar-refractivity contribution in [2.24, 2.45) is 0 Å². The van der Waals surface area contributed by atoms with Gasteiger partial charge in [-0.05, 0) is 37.1 Å². The van der Waals surface area contributed by atoms with E-state index in [1.54, 1.807) is 0 Å². The van der Waals surface area contributed by atoms with Crippen LogP contribution in [-0.2, 0) is 0 Å². The van der Waals surface area contributed by atoms with E-state index in [4.69, 9.17) is 5.73 Å². The van der Waals surface area contributed by atoms with E-state index in [2.05, 4.69) is 17.4 Å². The van der Waals surface area contributed by atoms with Gasteiger partial charge in [-0.1, -0.05) is 19.3 Å². The Labute approximate surface area is 85.5 Å². The molecule has 1 fully saturated rings. The SMILES string of the molecule is Nc1ccc(NC2CCCCC2)cc1. The van der Waals surface area contributed by atoms with Gasteiger partial charge in [0.15, 0.2) is 0 Å². The van der Waals surface area contributed by atoms with E-state index in [0.29, 0.717) is 6.04 Å². The van der Waals surface area contributed by atoms with E-state index < -0.39 is 0 Å². The number of nitrogens with one attached hydrogen (secondary N) is 1. The van der Waals surface area contributed by atoms with Crippen LogP contribution in [0.5, 0.6) is 0 Å². The molecule has 14 heavy (non-hydrogen) atoms. The summed E-state index contributed by atoms with van der Waals surface area (Å²) in [5.41, 5.74) is 7.66. The highest BCUT2D eigenvalue weighted by Crippen LogP contribution is 2.21. The fourth-order valence-corrected chi connectivity index (χ4v) is 2.06. The van der Waals surface area contributed by atoms with Crippen LogP contribution in [0.4, 0.5) is 11.4 Å². The molecule has 0 bridgehead atoms. The van der Waals surface area contributed by atoms with Gasteiger partial charge in [0.25, 0.3) is 0 Å². The third-order valence-electron chi connectivity index (χ3n) is 2.89. The summed E-state index contributed by atoms with van der Waals surface area (Å²) in [5.74, 6) is 0. The normalized spacial score (nSPS) is 18.0. The van der Waals surface area contributed by atoms with Gasteiger partial charge < -0.3 is 11.1 Å². The van der Waals surface area contributed by atoms with E-state index in [-0.39, 0.29) is 0 Å². The summed E-state index contributed by atoms with van der Waals surface area (Å²) in [6.07, 6.45) is 6.76. The first-order valence-corrected chi connectivity index (χ1v) is 5.47. The minimum atomic E-state index is 0.673. The lowest BCUT2D eigenvalue weighted by Gasteiger charge is -2.23.